The molecule has 1 amide bonds. The van der Waals surface area contributed by atoms with Crippen LogP contribution < -0.4 is 5.56 Å². The molecule has 0 aliphatic carbocycles. The van der Waals surface area contributed by atoms with E-state index in [1.165, 1.54) is 12.3 Å². The third kappa shape index (κ3) is 3.45. The van der Waals surface area contributed by atoms with Crippen LogP contribution in [0.25, 0.3) is 0 Å². The fourth-order valence-electron chi connectivity index (χ4n) is 1.51. The first-order valence-electron chi connectivity index (χ1n) is 5.43. The molecule has 0 aliphatic heterocycles. The van der Waals surface area contributed by atoms with E-state index in [1.807, 2.05) is 19.9 Å². The number of hydrogen-bond acceptors (Lipinski definition) is 3. The van der Waals surface area contributed by atoms with Gasteiger partial charge in [-0.15, -0.1) is 0 Å². The molecular formula is C12H15N3O2. The van der Waals surface area contributed by atoms with Gasteiger partial charge in [-0.1, -0.05) is 0 Å². The number of aromatic amines is 1. The molecule has 0 unspecified atom stereocenters. The fourth-order valence-corrected chi connectivity index (χ4v) is 1.51. The Morgan fingerprint density at radius 1 is 1.59 bits per heavy atom. The van der Waals surface area contributed by atoms with Crippen LogP contribution in [0, 0.1) is 11.3 Å². The lowest BCUT2D eigenvalue weighted by Crippen LogP contribution is -2.38. The van der Waals surface area contributed by atoms with Gasteiger partial charge >= 0.3 is 0 Å². The predicted molar refractivity (Wildman–Crippen MR) is 63.5 cm³/mol. The molecule has 0 atom stereocenters. The molecular weight excluding hydrogens is 218 g/mol. The van der Waals surface area contributed by atoms with Crippen LogP contribution in [0.1, 0.15) is 30.6 Å². The van der Waals surface area contributed by atoms with Crippen molar-refractivity contribution < 1.29 is 4.79 Å². The molecule has 0 aromatic carbocycles. The van der Waals surface area contributed by atoms with E-state index in [0.717, 1.165) is 0 Å². The maximum Gasteiger partial charge on any atom is 0.254 e. The van der Waals surface area contributed by atoms with Crippen LogP contribution in [0.2, 0.25) is 0 Å². The first kappa shape index (κ1) is 13.0. The topological polar surface area (TPSA) is 77.0 Å². The first-order chi connectivity index (χ1) is 8.06. The third-order valence-electron chi connectivity index (χ3n) is 2.37. The third-order valence-corrected chi connectivity index (χ3v) is 2.37. The predicted octanol–water partition coefficient (Wildman–Crippen LogP) is 1.14. The van der Waals surface area contributed by atoms with Crippen LogP contribution in [0.4, 0.5) is 0 Å². The minimum Gasteiger partial charge on any atom is -0.335 e. The lowest BCUT2D eigenvalue weighted by molar-refractivity contribution is 0.0710. The number of H-pyrrole nitrogens is 1. The lowest BCUT2D eigenvalue weighted by Gasteiger charge is -2.25. The first-order valence-corrected chi connectivity index (χ1v) is 5.43. The summed E-state index contributed by atoms with van der Waals surface area (Å²) in [5, 5.41) is 8.55. The van der Waals surface area contributed by atoms with Gasteiger partial charge in [-0.05, 0) is 19.9 Å². The average molecular weight is 233 g/mol. The van der Waals surface area contributed by atoms with Gasteiger partial charge in [0.2, 0.25) is 5.56 Å². The molecule has 17 heavy (non-hydrogen) atoms. The molecule has 0 spiro atoms. The Morgan fingerprint density at radius 3 is 2.82 bits per heavy atom. The van der Waals surface area contributed by atoms with Crippen molar-refractivity contribution in [3.05, 3.63) is 34.2 Å². The zero-order valence-electron chi connectivity index (χ0n) is 9.93. The van der Waals surface area contributed by atoms with E-state index < -0.39 is 0 Å². The highest BCUT2D eigenvalue weighted by molar-refractivity contribution is 5.94. The zero-order chi connectivity index (χ0) is 12.8. The molecule has 1 aromatic rings. The summed E-state index contributed by atoms with van der Waals surface area (Å²) < 4.78 is 0. The summed E-state index contributed by atoms with van der Waals surface area (Å²) >= 11 is 0. The van der Waals surface area contributed by atoms with E-state index in [-0.39, 0.29) is 23.9 Å². The summed E-state index contributed by atoms with van der Waals surface area (Å²) in [6, 6.07) is 4.83. The minimum atomic E-state index is -0.306. The number of nitrogens with zero attached hydrogens (tertiary/aromatic N) is 2. The maximum atomic E-state index is 12.1. The quantitative estimate of drug-likeness (QED) is 0.847. The summed E-state index contributed by atoms with van der Waals surface area (Å²) in [5.41, 5.74) is 0.0419. The van der Waals surface area contributed by atoms with Crippen molar-refractivity contribution >= 4 is 5.91 Å². The molecule has 1 heterocycles. The Hall–Kier alpha value is -2.09. The van der Waals surface area contributed by atoms with Gasteiger partial charge in [0.05, 0.1) is 12.5 Å². The van der Waals surface area contributed by atoms with Gasteiger partial charge in [-0.3, -0.25) is 9.59 Å². The Bertz CT molecular complexity index is 485. The molecule has 0 radical (unpaired) electrons. The SMILES string of the molecule is CC(C)N(CCC#N)C(=O)c1cc[nH]c(=O)c1. The lowest BCUT2D eigenvalue weighted by atomic mass is 10.2. The summed E-state index contributed by atoms with van der Waals surface area (Å²) in [6.45, 7) is 4.13. The van der Waals surface area contributed by atoms with E-state index in [4.69, 9.17) is 5.26 Å². The molecule has 1 aromatic heterocycles. The highest BCUT2D eigenvalue weighted by atomic mass is 16.2. The molecule has 0 saturated carbocycles. The van der Waals surface area contributed by atoms with Gasteiger partial charge < -0.3 is 9.88 Å². The van der Waals surface area contributed by atoms with Crippen molar-refractivity contribution in [1.82, 2.24) is 9.88 Å². The van der Waals surface area contributed by atoms with E-state index in [0.29, 0.717) is 12.1 Å². The number of nitrogens with one attached hydrogen (secondary N) is 1. The summed E-state index contributed by atoms with van der Waals surface area (Å²) in [6.07, 6.45) is 1.73. The molecule has 5 heteroatoms. The second kappa shape index (κ2) is 5.85. The Balaban J connectivity index is 2.92. The summed E-state index contributed by atoms with van der Waals surface area (Å²) in [5.74, 6) is -0.221. The molecule has 5 nitrogen and oxygen atoms in total. The number of rotatable bonds is 4. The van der Waals surface area contributed by atoms with Crippen molar-refractivity contribution in [1.29, 1.82) is 5.26 Å². The number of amides is 1. The molecule has 90 valence electrons. The number of carbonyl (C=O) groups is 1. The molecule has 0 saturated heterocycles. The van der Waals surface area contributed by atoms with Crippen LogP contribution in [-0.2, 0) is 0 Å². The van der Waals surface area contributed by atoms with Gasteiger partial charge in [0.15, 0.2) is 0 Å². The molecule has 1 N–H and O–H groups in total. The number of nitriles is 1. The summed E-state index contributed by atoms with van der Waals surface area (Å²) in [7, 11) is 0. The highest BCUT2D eigenvalue weighted by Gasteiger charge is 2.18. The normalized spacial score (nSPS) is 10.0. The average Bonchev–Trinajstić information content (AvgIpc) is 2.29. The van der Waals surface area contributed by atoms with E-state index in [9.17, 15) is 9.59 Å². The summed E-state index contributed by atoms with van der Waals surface area (Å²) in [4.78, 5) is 27.3. The van der Waals surface area contributed by atoms with Crippen molar-refractivity contribution in [2.45, 2.75) is 26.3 Å². The van der Waals surface area contributed by atoms with Crippen molar-refractivity contribution in [2.75, 3.05) is 6.54 Å². The number of carbonyl (C=O) groups excluding carboxylic acids is 1. The fraction of sp³-hybridized carbons (Fsp3) is 0.417. The molecule has 1 rings (SSSR count). The van der Waals surface area contributed by atoms with Gasteiger partial charge in [-0.25, -0.2) is 0 Å². The minimum absolute atomic E-state index is 0.00450. The van der Waals surface area contributed by atoms with Crippen LogP contribution in [0.15, 0.2) is 23.1 Å². The van der Waals surface area contributed by atoms with Gasteiger partial charge in [0.1, 0.15) is 0 Å². The second-order valence-electron chi connectivity index (χ2n) is 3.94. The van der Waals surface area contributed by atoms with Crippen LogP contribution in [-0.4, -0.2) is 28.4 Å². The van der Waals surface area contributed by atoms with Crippen molar-refractivity contribution in [3.8, 4) is 6.07 Å². The number of pyridine rings is 1. The monoisotopic (exact) mass is 233 g/mol. The largest absolute Gasteiger partial charge is 0.335 e. The Labute approximate surface area is 99.7 Å². The van der Waals surface area contributed by atoms with Gasteiger partial charge in [-0.2, -0.15) is 5.26 Å². The van der Waals surface area contributed by atoms with Gasteiger partial charge in [0, 0.05) is 30.4 Å². The standard InChI is InChI=1S/C12H15N3O2/c1-9(2)15(7-3-5-13)12(17)10-4-6-14-11(16)8-10/h4,6,8-9H,3,7H2,1-2H3,(H,14,16). The number of aromatic nitrogens is 1. The maximum absolute atomic E-state index is 12.1. The Morgan fingerprint density at radius 2 is 2.29 bits per heavy atom. The van der Waals surface area contributed by atoms with E-state index in [2.05, 4.69) is 4.98 Å². The second-order valence-corrected chi connectivity index (χ2v) is 3.94. The Kier molecular flexibility index (Phi) is 4.46. The smallest absolute Gasteiger partial charge is 0.254 e. The van der Waals surface area contributed by atoms with Crippen molar-refractivity contribution in [2.24, 2.45) is 0 Å². The number of hydrogen-bond donors (Lipinski definition) is 1. The molecule has 0 aliphatic rings. The molecule has 0 bridgehead atoms. The highest BCUT2D eigenvalue weighted by Crippen LogP contribution is 2.07. The zero-order valence-corrected chi connectivity index (χ0v) is 9.93. The van der Waals surface area contributed by atoms with Crippen LogP contribution in [0.5, 0.6) is 0 Å². The molecule has 0 fully saturated rings. The van der Waals surface area contributed by atoms with Crippen molar-refractivity contribution in [3.63, 3.8) is 0 Å². The van der Waals surface area contributed by atoms with Crippen LogP contribution in [0.3, 0.4) is 0 Å². The van der Waals surface area contributed by atoms with Gasteiger partial charge in [0.25, 0.3) is 5.91 Å². The van der Waals surface area contributed by atoms with E-state index >= 15 is 0 Å². The van der Waals surface area contributed by atoms with E-state index in [1.54, 1.807) is 11.0 Å². The van der Waals surface area contributed by atoms with Crippen LogP contribution >= 0.6 is 0 Å².